The average Bonchev–Trinajstić information content (AvgIpc) is 3.41. The van der Waals surface area contributed by atoms with Crippen molar-refractivity contribution in [3.8, 4) is 0 Å². The number of carbonyl (C=O) groups is 4. The molecule has 0 saturated carbocycles. The maximum absolute atomic E-state index is 11.5. The normalized spacial score (nSPS) is 25.2. The fraction of sp³-hybridized carbons (Fsp3) is 0.429. The zero-order chi connectivity index (χ0) is 21.7. The summed E-state index contributed by atoms with van der Waals surface area (Å²) in [5.41, 5.74) is -2.83. The summed E-state index contributed by atoms with van der Waals surface area (Å²) in [6, 6.07) is -1.75. The van der Waals surface area contributed by atoms with Crippen LogP contribution in [-0.2, 0) is 9.47 Å². The van der Waals surface area contributed by atoms with E-state index in [1.807, 2.05) is 0 Å². The van der Waals surface area contributed by atoms with Gasteiger partial charge in [0.2, 0.25) is 11.4 Å². The van der Waals surface area contributed by atoms with Gasteiger partial charge in [-0.2, -0.15) is 0 Å². The van der Waals surface area contributed by atoms with Gasteiger partial charge < -0.3 is 29.9 Å². The van der Waals surface area contributed by atoms with Crippen LogP contribution in [0.2, 0.25) is 0 Å². The van der Waals surface area contributed by atoms with Gasteiger partial charge in [0, 0.05) is 0 Å². The van der Waals surface area contributed by atoms with Gasteiger partial charge in [-0.25, -0.2) is 28.5 Å². The number of aromatic carboxylic acids is 4. The standard InChI is InChI=1S/C14H12N6O10/c21-11(22)5-7(13(25)26)19(17-15-5)3-1-29-10-4(2-30-9(3)10)20-8(14(27)28)6(12(23)24)16-18-20/h3-4,9-10H,1-2H2,(H,21,22)(H,23,24)(H,25,26)(H,27,28)/t3-,4+,9-,10-/m1/s1. The summed E-state index contributed by atoms with van der Waals surface area (Å²) in [5, 5.41) is 51.0. The number of fused-ring (bicyclic) bond motifs is 1. The molecule has 16 nitrogen and oxygen atoms in total. The lowest BCUT2D eigenvalue weighted by Crippen LogP contribution is -2.32. The molecule has 4 atom stereocenters. The molecule has 0 spiro atoms. The molecule has 0 bridgehead atoms. The Balaban J connectivity index is 1.68. The minimum atomic E-state index is -1.57. The van der Waals surface area contributed by atoms with Crippen molar-refractivity contribution in [1.29, 1.82) is 0 Å². The van der Waals surface area contributed by atoms with Crippen molar-refractivity contribution in [3.05, 3.63) is 22.8 Å². The quantitative estimate of drug-likeness (QED) is 0.403. The van der Waals surface area contributed by atoms with Crippen molar-refractivity contribution in [2.45, 2.75) is 24.3 Å². The predicted molar refractivity (Wildman–Crippen MR) is 85.4 cm³/mol. The van der Waals surface area contributed by atoms with E-state index in [9.17, 15) is 29.4 Å². The molecule has 2 fully saturated rings. The van der Waals surface area contributed by atoms with E-state index in [2.05, 4.69) is 20.6 Å². The molecule has 0 unspecified atom stereocenters. The Kier molecular flexibility index (Phi) is 4.43. The maximum Gasteiger partial charge on any atom is 0.359 e. The van der Waals surface area contributed by atoms with E-state index in [1.165, 1.54) is 0 Å². The highest BCUT2D eigenvalue weighted by atomic mass is 16.6. The van der Waals surface area contributed by atoms with Crippen LogP contribution in [0.1, 0.15) is 54.0 Å². The van der Waals surface area contributed by atoms with Gasteiger partial charge in [-0.15, -0.1) is 10.2 Å². The summed E-state index contributed by atoms with van der Waals surface area (Å²) in [6.07, 6.45) is -1.70. The number of carboxylic acids is 4. The average molecular weight is 424 g/mol. The number of hydrogen-bond acceptors (Lipinski definition) is 10. The van der Waals surface area contributed by atoms with Crippen molar-refractivity contribution in [3.63, 3.8) is 0 Å². The first-order valence-electron chi connectivity index (χ1n) is 8.29. The lowest BCUT2D eigenvalue weighted by atomic mass is 10.1. The van der Waals surface area contributed by atoms with Gasteiger partial charge in [0.1, 0.15) is 24.3 Å². The van der Waals surface area contributed by atoms with Crippen LogP contribution in [-0.4, -0.2) is 99.7 Å². The van der Waals surface area contributed by atoms with Crippen LogP contribution >= 0.6 is 0 Å². The summed E-state index contributed by atoms with van der Waals surface area (Å²) in [5.74, 6) is -6.28. The van der Waals surface area contributed by atoms with Gasteiger partial charge in [-0.3, -0.25) is 0 Å². The Morgan fingerprint density at radius 3 is 1.37 bits per heavy atom. The molecule has 0 aromatic carbocycles. The minimum Gasteiger partial charge on any atom is -0.476 e. The second-order valence-electron chi connectivity index (χ2n) is 6.41. The van der Waals surface area contributed by atoms with E-state index in [4.69, 9.17) is 19.7 Å². The molecule has 4 heterocycles. The van der Waals surface area contributed by atoms with Gasteiger partial charge in [-0.1, -0.05) is 10.4 Å². The Morgan fingerprint density at radius 1 is 0.700 bits per heavy atom. The minimum absolute atomic E-state index is 0.141. The first-order chi connectivity index (χ1) is 14.2. The van der Waals surface area contributed by atoms with Crippen LogP contribution < -0.4 is 0 Å². The highest BCUT2D eigenvalue weighted by Gasteiger charge is 2.52. The predicted octanol–water partition coefficient (Wildman–Crippen LogP) is -1.76. The summed E-state index contributed by atoms with van der Waals surface area (Å²) in [7, 11) is 0. The third-order valence-electron chi connectivity index (χ3n) is 4.83. The number of ether oxygens (including phenoxy) is 2. The van der Waals surface area contributed by atoms with Gasteiger partial charge >= 0.3 is 23.9 Å². The van der Waals surface area contributed by atoms with E-state index in [0.29, 0.717) is 0 Å². The highest BCUT2D eigenvalue weighted by Crippen LogP contribution is 2.40. The Labute approximate surface area is 164 Å². The molecule has 2 aromatic heterocycles. The van der Waals surface area contributed by atoms with Crippen LogP contribution in [0.3, 0.4) is 0 Å². The van der Waals surface area contributed by atoms with Crippen molar-refractivity contribution in [2.24, 2.45) is 0 Å². The van der Waals surface area contributed by atoms with E-state index in [-0.39, 0.29) is 13.2 Å². The van der Waals surface area contributed by atoms with E-state index < -0.39 is 70.9 Å². The number of rotatable bonds is 6. The van der Waals surface area contributed by atoms with Crippen LogP contribution in [0, 0.1) is 0 Å². The van der Waals surface area contributed by atoms with Gasteiger partial charge in [-0.05, 0) is 0 Å². The fourth-order valence-corrected chi connectivity index (χ4v) is 3.62. The lowest BCUT2D eigenvalue weighted by molar-refractivity contribution is 0.0564. The van der Waals surface area contributed by atoms with E-state index in [0.717, 1.165) is 9.36 Å². The number of aromatic nitrogens is 6. The zero-order valence-corrected chi connectivity index (χ0v) is 14.6. The molecule has 0 amide bonds. The molecule has 158 valence electrons. The number of nitrogens with zero attached hydrogens (tertiary/aromatic N) is 6. The van der Waals surface area contributed by atoms with Crippen molar-refractivity contribution in [1.82, 2.24) is 30.0 Å². The molecule has 4 rings (SSSR count). The third kappa shape index (κ3) is 2.77. The molecule has 4 N–H and O–H groups in total. The monoisotopic (exact) mass is 424 g/mol. The topological polar surface area (TPSA) is 229 Å². The van der Waals surface area contributed by atoms with Gasteiger partial charge in [0.05, 0.1) is 13.2 Å². The third-order valence-corrected chi connectivity index (χ3v) is 4.83. The molecular weight excluding hydrogens is 412 g/mol. The maximum atomic E-state index is 11.5. The largest absolute Gasteiger partial charge is 0.476 e. The fourth-order valence-electron chi connectivity index (χ4n) is 3.62. The first kappa shape index (κ1) is 19.4. The van der Waals surface area contributed by atoms with Crippen molar-refractivity contribution < 1.29 is 49.1 Å². The SMILES string of the molecule is O=C(O)c1nnn([C@@H]2CO[C@H]3[C@@H]2OC[C@@H]3n2nnc(C(=O)O)c2C(=O)O)c1C(=O)O. The summed E-state index contributed by atoms with van der Waals surface area (Å²) >= 11 is 0. The molecule has 2 aromatic rings. The molecule has 2 saturated heterocycles. The van der Waals surface area contributed by atoms with Gasteiger partial charge in [0.15, 0.2) is 11.4 Å². The zero-order valence-electron chi connectivity index (χ0n) is 14.6. The molecular formula is C14H12N6O10. The molecule has 2 aliphatic heterocycles. The van der Waals surface area contributed by atoms with Crippen LogP contribution in [0.25, 0.3) is 0 Å². The smallest absolute Gasteiger partial charge is 0.359 e. The highest BCUT2D eigenvalue weighted by molar-refractivity contribution is 5.99. The number of hydrogen-bond donors (Lipinski definition) is 4. The second kappa shape index (κ2) is 6.85. The van der Waals surface area contributed by atoms with Crippen LogP contribution in [0.4, 0.5) is 0 Å². The van der Waals surface area contributed by atoms with Crippen molar-refractivity contribution >= 4 is 23.9 Å². The Bertz CT molecular complexity index is 991. The Hall–Kier alpha value is -3.92. The second-order valence-corrected chi connectivity index (χ2v) is 6.41. The Morgan fingerprint density at radius 2 is 1.07 bits per heavy atom. The summed E-state index contributed by atoms with van der Waals surface area (Å²) < 4.78 is 13.0. The number of carboxylic acid groups (broad SMARTS) is 4. The van der Waals surface area contributed by atoms with E-state index in [1.54, 1.807) is 0 Å². The summed E-state index contributed by atoms with van der Waals surface area (Å²) in [4.78, 5) is 45.5. The van der Waals surface area contributed by atoms with Crippen molar-refractivity contribution in [2.75, 3.05) is 13.2 Å². The molecule has 2 aliphatic rings. The lowest BCUT2D eigenvalue weighted by Gasteiger charge is -2.18. The molecule has 0 radical (unpaired) electrons. The van der Waals surface area contributed by atoms with Crippen LogP contribution in [0.5, 0.6) is 0 Å². The van der Waals surface area contributed by atoms with Gasteiger partial charge in [0.25, 0.3) is 0 Å². The molecule has 30 heavy (non-hydrogen) atoms. The first-order valence-corrected chi connectivity index (χ1v) is 8.29. The van der Waals surface area contributed by atoms with E-state index >= 15 is 0 Å². The van der Waals surface area contributed by atoms with Crippen LogP contribution in [0.15, 0.2) is 0 Å². The molecule has 0 aliphatic carbocycles. The molecule has 16 heteroatoms. The summed E-state index contributed by atoms with van der Waals surface area (Å²) in [6.45, 7) is -0.283.